The lowest BCUT2D eigenvalue weighted by molar-refractivity contribution is -0.139. The van der Waals surface area contributed by atoms with Crippen molar-refractivity contribution in [1.29, 1.82) is 0 Å². The number of alkyl carbamates (subject to hydrolysis) is 1. The molecule has 178 valence electrons. The number of rotatable bonds is 10. The SMILES string of the molecule is CN(C)c1ccc2cc(C(=O)NC(CCCNC(=O)OCc3ccccc3)C(=O)O)ccc2c1. The standard InChI is InChI=1S/C26H29N3O5/c1-29(2)22-13-12-19-15-21(11-10-20(19)16-22)24(30)28-23(25(31)32)9-6-14-27-26(33)34-17-18-7-4-3-5-8-18/h3-5,7-8,10-13,15-16,23H,6,9,14,17H2,1-2H3,(H,27,33)(H,28,30)(H,31,32). The van der Waals surface area contributed by atoms with Crippen LogP contribution >= 0.6 is 0 Å². The predicted molar refractivity (Wildman–Crippen MR) is 131 cm³/mol. The lowest BCUT2D eigenvalue weighted by Gasteiger charge is -2.16. The molecule has 0 spiro atoms. The molecule has 3 rings (SSSR count). The maximum atomic E-state index is 12.7. The van der Waals surface area contributed by atoms with Crippen LogP contribution in [0.15, 0.2) is 66.7 Å². The number of anilines is 1. The van der Waals surface area contributed by atoms with Gasteiger partial charge >= 0.3 is 12.1 Å². The van der Waals surface area contributed by atoms with Gasteiger partial charge in [0.05, 0.1) is 0 Å². The molecule has 3 aromatic carbocycles. The molecular formula is C26H29N3O5. The Kier molecular flexibility index (Phi) is 8.45. The van der Waals surface area contributed by atoms with Crippen LogP contribution in [-0.4, -0.2) is 49.8 Å². The molecule has 1 unspecified atom stereocenters. The third kappa shape index (κ3) is 6.96. The molecule has 0 heterocycles. The first kappa shape index (κ1) is 24.6. The Balaban J connectivity index is 1.48. The molecule has 2 amide bonds. The summed E-state index contributed by atoms with van der Waals surface area (Å²) in [5.41, 5.74) is 2.31. The van der Waals surface area contributed by atoms with E-state index in [9.17, 15) is 19.5 Å². The van der Waals surface area contributed by atoms with Gasteiger partial charge in [-0.15, -0.1) is 0 Å². The second kappa shape index (κ2) is 11.7. The van der Waals surface area contributed by atoms with Crippen LogP contribution in [0, 0.1) is 0 Å². The minimum atomic E-state index is -1.13. The fourth-order valence-corrected chi connectivity index (χ4v) is 3.42. The summed E-state index contributed by atoms with van der Waals surface area (Å²) >= 11 is 0. The number of aliphatic carboxylic acids is 1. The molecular weight excluding hydrogens is 434 g/mol. The van der Waals surface area contributed by atoms with E-state index in [1.54, 1.807) is 12.1 Å². The van der Waals surface area contributed by atoms with Crippen molar-refractivity contribution >= 4 is 34.4 Å². The Labute approximate surface area is 198 Å². The summed E-state index contributed by atoms with van der Waals surface area (Å²) in [6.07, 6.45) is -0.0453. The Hall–Kier alpha value is -4.07. The Bertz CT molecular complexity index is 1150. The van der Waals surface area contributed by atoms with Gasteiger partial charge in [-0.1, -0.05) is 42.5 Å². The number of carboxylic acids is 1. The van der Waals surface area contributed by atoms with Gasteiger partial charge in [0.15, 0.2) is 0 Å². The number of nitrogens with zero attached hydrogens (tertiary/aromatic N) is 1. The van der Waals surface area contributed by atoms with E-state index < -0.39 is 24.0 Å². The van der Waals surface area contributed by atoms with Gasteiger partial charge < -0.3 is 25.4 Å². The van der Waals surface area contributed by atoms with Gasteiger partial charge in [0.25, 0.3) is 5.91 Å². The number of hydrogen-bond donors (Lipinski definition) is 3. The van der Waals surface area contributed by atoms with E-state index in [1.165, 1.54) is 0 Å². The monoisotopic (exact) mass is 463 g/mol. The first-order valence-electron chi connectivity index (χ1n) is 11.0. The highest BCUT2D eigenvalue weighted by Crippen LogP contribution is 2.22. The summed E-state index contributed by atoms with van der Waals surface area (Å²) in [6, 6.07) is 19.4. The molecule has 34 heavy (non-hydrogen) atoms. The average molecular weight is 464 g/mol. The second-order valence-electron chi connectivity index (χ2n) is 8.14. The van der Waals surface area contributed by atoms with Crippen LogP contribution < -0.4 is 15.5 Å². The van der Waals surface area contributed by atoms with Gasteiger partial charge in [0.2, 0.25) is 0 Å². The number of nitrogens with one attached hydrogen (secondary N) is 2. The highest BCUT2D eigenvalue weighted by atomic mass is 16.5. The smallest absolute Gasteiger partial charge is 0.407 e. The molecule has 8 nitrogen and oxygen atoms in total. The van der Waals surface area contributed by atoms with Gasteiger partial charge in [-0.2, -0.15) is 0 Å². The van der Waals surface area contributed by atoms with E-state index in [0.717, 1.165) is 22.0 Å². The van der Waals surface area contributed by atoms with Crippen LogP contribution in [0.25, 0.3) is 10.8 Å². The van der Waals surface area contributed by atoms with Crippen molar-refractivity contribution in [3.8, 4) is 0 Å². The largest absolute Gasteiger partial charge is 0.480 e. The van der Waals surface area contributed by atoms with Crippen LogP contribution in [0.3, 0.4) is 0 Å². The van der Waals surface area contributed by atoms with E-state index in [-0.39, 0.29) is 19.6 Å². The first-order chi connectivity index (χ1) is 16.3. The van der Waals surface area contributed by atoms with Crippen molar-refractivity contribution in [3.63, 3.8) is 0 Å². The zero-order chi connectivity index (χ0) is 24.5. The zero-order valence-electron chi connectivity index (χ0n) is 19.3. The van der Waals surface area contributed by atoms with Crippen molar-refractivity contribution in [2.75, 3.05) is 25.5 Å². The average Bonchev–Trinajstić information content (AvgIpc) is 2.84. The summed E-state index contributed by atoms with van der Waals surface area (Å²) in [5.74, 6) is -1.59. The number of carbonyl (C=O) groups excluding carboxylic acids is 2. The lowest BCUT2D eigenvalue weighted by atomic mass is 10.0. The van der Waals surface area contributed by atoms with Crippen molar-refractivity contribution in [2.45, 2.75) is 25.5 Å². The first-order valence-corrected chi connectivity index (χ1v) is 11.0. The van der Waals surface area contributed by atoms with Crippen LogP contribution in [0.5, 0.6) is 0 Å². The topological polar surface area (TPSA) is 108 Å². The predicted octanol–water partition coefficient (Wildman–Crippen LogP) is 3.80. The fourth-order valence-electron chi connectivity index (χ4n) is 3.42. The van der Waals surface area contributed by atoms with Gasteiger partial charge in [0, 0.05) is 31.9 Å². The molecule has 3 N–H and O–H groups in total. The Morgan fingerprint density at radius 2 is 1.68 bits per heavy atom. The number of amides is 2. The lowest BCUT2D eigenvalue weighted by Crippen LogP contribution is -2.41. The molecule has 0 aromatic heterocycles. The number of carbonyl (C=O) groups is 3. The Morgan fingerprint density at radius 3 is 2.38 bits per heavy atom. The minimum absolute atomic E-state index is 0.155. The van der Waals surface area contributed by atoms with Crippen LogP contribution in [0.1, 0.15) is 28.8 Å². The highest BCUT2D eigenvalue weighted by molar-refractivity contribution is 6.00. The number of hydrogen-bond acceptors (Lipinski definition) is 5. The van der Waals surface area contributed by atoms with E-state index in [2.05, 4.69) is 10.6 Å². The van der Waals surface area contributed by atoms with E-state index in [4.69, 9.17) is 4.74 Å². The van der Waals surface area contributed by atoms with E-state index in [0.29, 0.717) is 12.0 Å². The second-order valence-corrected chi connectivity index (χ2v) is 8.14. The molecule has 0 saturated carbocycles. The fraction of sp³-hybridized carbons (Fsp3) is 0.269. The molecule has 0 fully saturated rings. The summed E-state index contributed by atoms with van der Waals surface area (Å²) in [7, 11) is 3.91. The number of fused-ring (bicyclic) bond motifs is 1. The quantitative estimate of drug-likeness (QED) is 0.395. The van der Waals surface area contributed by atoms with E-state index in [1.807, 2.05) is 73.6 Å². The number of benzene rings is 3. The molecule has 8 heteroatoms. The van der Waals surface area contributed by atoms with Gasteiger partial charge in [-0.25, -0.2) is 9.59 Å². The zero-order valence-corrected chi connectivity index (χ0v) is 19.3. The van der Waals surface area contributed by atoms with Crippen molar-refractivity contribution in [2.24, 2.45) is 0 Å². The molecule has 1 atom stereocenters. The minimum Gasteiger partial charge on any atom is -0.480 e. The molecule has 0 aliphatic heterocycles. The highest BCUT2D eigenvalue weighted by Gasteiger charge is 2.20. The van der Waals surface area contributed by atoms with E-state index >= 15 is 0 Å². The van der Waals surface area contributed by atoms with Crippen LogP contribution in [0.2, 0.25) is 0 Å². The summed E-state index contributed by atoms with van der Waals surface area (Å²) in [5, 5.41) is 16.6. The van der Waals surface area contributed by atoms with Crippen molar-refractivity contribution in [3.05, 3.63) is 77.9 Å². The summed E-state index contributed by atoms with van der Waals surface area (Å²) in [4.78, 5) is 38.1. The van der Waals surface area contributed by atoms with Gasteiger partial charge in [-0.05, 0) is 53.4 Å². The molecule has 0 aliphatic carbocycles. The summed E-state index contributed by atoms with van der Waals surface area (Å²) < 4.78 is 5.12. The molecule has 0 aliphatic rings. The normalized spacial score (nSPS) is 11.5. The molecule has 3 aromatic rings. The molecule has 0 saturated heterocycles. The third-order valence-electron chi connectivity index (χ3n) is 5.36. The summed E-state index contributed by atoms with van der Waals surface area (Å²) in [6.45, 7) is 0.389. The molecule has 0 bridgehead atoms. The van der Waals surface area contributed by atoms with Crippen LogP contribution in [-0.2, 0) is 16.1 Å². The van der Waals surface area contributed by atoms with Crippen LogP contribution in [0.4, 0.5) is 10.5 Å². The maximum Gasteiger partial charge on any atom is 0.407 e. The maximum absolute atomic E-state index is 12.7. The Morgan fingerprint density at radius 1 is 0.971 bits per heavy atom. The van der Waals surface area contributed by atoms with Crippen molar-refractivity contribution in [1.82, 2.24) is 10.6 Å². The number of ether oxygens (including phenoxy) is 1. The van der Waals surface area contributed by atoms with Crippen molar-refractivity contribution < 1.29 is 24.2 Å². The third-order valence-corrected chi connectivity index (χ3v) is 5.36. The number of carboxylic acid groups (broad SMARTS) is 1. The van der Waals surface area contributed by atoms with Gasteiger partial charge in [-0.3, -0.25) is 4.79 Å². The van der Waals surface area contributed by atoms with Gasteiger partial charge in [0.1, 0.15) is 12.6 Å². The molecule has 0 radical (unpaired) electrons.